The molecule has 2 amide bonds. The lowest BCUT2D eigenvalue weighted by atomic mass is 9.86. The Kier molecular flexibility index (Phi) is 8.99. The minimum absolute atomic E-state index is 0.0603. The molecule has 2 rings (SSSR count). The topological polar surface area (TPSA) is 49.4 Å². The molecular weight excluding hydrogens is 403 g/mol. The monoisotopic (exact) mass is 440 g/mol. The highest BCUT2D eigenvalue weighted by atomic mass is 19.1. The third-order valence-corrected chi connectivity index (χ3v) is 5.60. The summed E-state index contributed by atoms with van der Waals surface area (Å²) in [6.07, 6.45) is 0.822. The fourth-order valence-corrected chi connectivity index (χ4v) is 3.41. The predicted molar refractivity (Wildman–Crippen MR) is 128 cm³/mol. The zero-order valence-corrected chi connectivity index (χ0v) is 20.2. The van der Waals surface area contributed by atoms with Gasteiger partial charge in [-0.1, -0.05) is 77.1 Å². The molecule has 0 saturated carbocycles. The summed E-state index contributed by atoms with van der Waals surface area (Å²) in [5.41, 5.74) is 2.78. The fraction of sp³-hybridized carbons (Fsp3) is 0.481. The fourth-order valence-electron chi connectivity index (χ4n) is 3.41. The maximum atomic E-state index is 14.3. The van der Waals surface area contributed by atoms with E-state index in [1.54, 1.807) is 25.1 Å². The zero-order chi connectivity index (χ0) is 23.9. The van der Waals surface area contributed by atoms with Crippen molar-refractivity contribution < 1.29 is 14.0 Å². The van der Waals surface area contributed by atoms with Crippen LogP contribution in [-0.4, -0.2) is 29.3 Å². The van der Waals surface area contributed by atoms with Gasteiger partial charge in [0.1, 0.15) is 11.9 Å². The van der Waals surface area contributed by atoms with Gasteiger partial charge in [0, 0.05) is 25.1 Å². The average Bonchev–Trinajstić information content (AvgIpc) is 2.74. The second kappa shape index (κ2) is 11.3. The summed E-state index contributed by atoms with van der Waals surface area (Å²) < 4.78 is 14.3. The zero-order valence-electron chi connectivity index (χ0n) is 20.2. The summed E-state index contributed by atoms with van der Waals surface area (Å²) in [6.45, 7) is 12.8. The summed E-state index contributed by atoms with van der Waals surface area (Å²) in [6, 6.07) is 14.0. The molecular formula is C27H37FN2O2. The molecule has 32 heavy (non-hydrogen) atoms. The van der Waals surface area contributed by atoms with Gasteiger partial charge in [-0.25, -0.2) is 4.39 Å². The van der Waals surface area contributed by atoms with Crippen LogP contribution in [0.25, 0.3) is 0 Å². The molecule has 1 atom stereocenters. The van der Waals surface area contributed by atoms with E-state index >= 15 is 0 Å². The Morgan fingerprint density at radius 2 is 1.62 bits per heavy atom. The molecule has 0 saturated heterocycles. The number of halogens is 1. The number of benzene rings is 2. The molecule has 0 heterocycles. The Morgan fingerprint density at radius 1 is 1.00 bits per heavy atom. The van der Waals surface area contributed by atoms with Crippen molar-refractivity contribution in [3.63, 3.8) is 0 Å². The molecule has 4 nitrogen and oxygen atoms in total. The first-order chi connectivity index (χ1) is 15.0. The molecule has 0 bridgehead atoms. The van der Waals surface area contributed by atoms with Gasteiger partial charge in [0.15, 0.2) is 0 Å². The Morgan fingerprint density at radius 3 is 2.19 bits per heavy atom. The van der Waals surface area contributed by atoms with E-state index in [4.69, 9.17) is 0 Å². The molecule has 0 aliphatic rings. The molecule has 0 radical (unpaired) electrons. The van der Waals surface area contributed by atoms with Gasteiger partial charge >= 0.3 is 0 Å². The van der Waals surface area contributed by atoms with Gasteiger partial charge < -0.3 is 10.2 Å². The first kappa shape index (κ1) is 25.6. The number of rotatable bonds is 9. The molecule has 0 unspecified atom stereocenters. The third kappa shape index (κ3) is 7.47. The largest absolute Gasteiger partial charge is 0.354 e. The van der Waals surface area contributed by atoms with Crippen molar-refractivity contribution in [3.05, 3.63) is 71.0 Å². The van der Waals surface area contributed by atoms with Crippen LogP contribution >= 0.6 is 0 Å². The lowest BCUT2D eigenvalue weighted by Crippen LogP contribution is -2.48. The van der Waals surface area contributed by atoms with E-state index in [0.29, 0.717) is 24.4 Å². The van der Waals surface area contributed by atoms with Gasteiger partial charge in [-0.3, -0.25) is 9.59 Å². The van der Waals surface area contributed by atoms with Gasteiger partial charge in [-0.05, 0) is 41.9 Å². The minimum atomic E-state index is -0.691. The van der Waals surface area contributed by atoms with Gasteiger partial charge in [0.25, 0.3) is 0 Å². The minimum Gasteiger partial charge on any atom is -0.354 e. The number of amides is 2. The van der Waals surface area contributed by atoms with E-state index < -0.39 is 6.04 Å². The van der Waals surface area contributed by atoms with Crippen LogP contribution < -0.4 is 5.32 Å². The van der Waals surface area contributed by atoms with Gasteiger partial charge in [-0.2, -0.15) is 0 Å². The number of carbonyl (C=O) groups is 2. The van der Waals surface area contributed by atoms with Crippen molar-refractivity contribution in [1.82, 2.24) is 10.2 Å². The van der Waals surface area contributed by atoms with Crippen molar-refractivity contribution in [1.29, 1.82) is 0 Å². The second-order valence-electron chi connectivity index (χ2n) is 9.87. The second-order valence-corrected chi connectivity index (χ2v) is 9.87. The molecule has 0 aromatic heterocycles. The SMILES string of the molecule is CC(C)CNC(=O)[C@@H](C)N(Cc1ccccc1F)C(=O)CCc1ccc(C(C)(C)C)cc1. The van der Waals surface area contributed by atoms with E-state index in [1.807, 2.05) is 26.0 Å². The third-order valence-electron chi connectivity index (χ3n) is 5.60. The molecule has 2 aromatic rings. The Bertz CT molecular complexity index is 901. The van der Waals surface area contributed by atoms with E-state index in [9.17, 15) is 14.0 Å². The Labute approximate surface area is 192 Å². The molecule has 1 N–H and O–H groups in total. The smallest absolute Gasteiger partial charge is 0.242 e. The quantitative estimate of drug-likeness (QED) is 0.579. The van der Waals surface area contributed by atoms with Gasteiger partial charge in [-0.15, -0.1) is 0 Å². The Hall–Kier alpha value is -2.69. The lowest BCUT2D eigenvalue weighted by molar-refractivity contribution is -0.140. The van der Waals surface area contributed by atoms with Crippen LogP contribution in [0.2, 0.25) is 0 Å². The maximum Gasteiger partial charge on any atom is 0.242 e. The summed E-state index contributed by atoms with van der Waals surface area (Å²) in [7, 11) is 0. The number of nitrogens with one attached hydrogen (secondary N) is 1. The summed E-state index contributed by atoms with van der Waals surface area (Å²) in [4.78, 5) is 27.3. The van der Waals surface area contributed by atoms with Crippen LogP contribution in [0.15, 0.2) is 48.5 Å². The highest BCUT2D eigenvalue weighted by Crippen LogP contribution is 2.23. The van der Waals surface area contributed by atoms with Gasteiger partial charge in [0.2, 0.25) is 11.8 Å². The van der Waals surface area contributed by atoms with Crippen LogP contribution in [0.5, 0.6) is 0 Å². The molecule has 0 fully saturated rings. The number of aryl methyl sites for hydroxylation is 1. The maximum absolute atomic E-state index is 14.3. The molecule has 174 valence electrons. The van der Waals surface area contributed by atoms with Crippen molar-refractivity contribution in [2.45, 2.75) is 72.4 Å². The number of carbonyl (C=O) groups excluding carboxylic acids is 2. The van der Waals surface area contributed by atoms with Crippen LogP contribution in [0, 0.1) is 11.7 Å². The van der Waals surface area contributed by atoms with E-state index in [2.05, 4.69) is 38.2 Å². The molecule has 5 heteroatoms. The number of hydrogen-bond donors (Lipinski definition) is 1. The van der Waals surface area contributed by atoms with Crippen LogP contribution in [0.3, 0.4) is 0 Å². The highest BCUT2D eigenvalue weighted by molar-refractivity contribution is 5.87. The summed E-state index contributed by atoms with van der Waals surface area (Å²) in [5, 5.41) is 2.89. The van der Waals surface area contributed by atoms with E-state index in [1.165, 1.54) is 16.5 Å². The average molecular weight is 441 g/mol. The van der Waals surface area contributed by atoms with Crippen molar-refractivity contribution in [2.24, 2.45) is 5.92 Å². The molecule has 2 aromatic carbocycles. The number of hydrogen-bond acceptors (Lipinski definition) is 2. The van der Waals surface area contributed by atoms with E-state index in [-0.39, 0.29) is 36.0 Å². The van der Waals surface area contributed by atoms with E-state index in [0.717, 1.165) is 5.56 Å². The van der Waals surface area contributed by atoms with Crippen molar-refractivity contribution in [3.8, 4) is 0 Å². The van der Waals surface area contributed by atoms with Crippen LogP contribution in [0.1, 0.15) is 64.7 Å². The van der Waals surface area contributed by atoms with Crippen LogP contribution in [0.4, 0.5) is 4.39 Å². The predicted octanol–water partition coefficient (Wildman–Crippen LogP) is 5.25. The first-order valence-electron chi connectivity index (χ1n) is 11.4. The van der Waals surface area contributed by atoms with Crippen molar-refractivity contribution in [2.75, 3.05) is 6.54 Å². The lowest BCUT2D eigenvalue weighted by Gasteiger charge is -2.29. The highest BCUT2D eigenvalue weighted by Gasteiger charge is 2.26. The summed E-state index contributed by atoms with van der Waals surface area (Å²) >= 11 is 0. The summed E-state index contributed by atoms with van der Waals surface area (Å²) in [5.74, 6) is -0.464. The standard InChI is InChI=1S/C27H37FN2O2/c1-19(2)17-29-26(32)20(3)30(18-22-9-7-8-10-24(22)28)25(31)16-13-21-11-14-23(15-12-21)27(4,5)6/h7-12,14-15,19-20H,13,16-18H2,1-6H3,(H,29,32)/t20-/m1/s1. The Balaban J connectivity index is 2.13. The number of nitrogens with zero attached hydrogens (tertiary/aromatic N) is 1. The normalized spacial score (nSPS) is 12.5. The first-order valence-corrected chi connectivity index (χ1v) is 11.4. The van der Waals surface area contributed by atoms with Gasteiger partial charge in [0.05, 0.1) is 0 Å². The molecule has 0 aliphatic heterocycles. The molecule has 0 aliphatic carbocycles. The van der Waals surface area contributed by atoms with Crippen molar-refractivity contribution >= 4 is 11.8 Å². The molecule has 0 spiro atoms. The van der Waals surface area contributed by atoms with Crippen LogP contribution in [-0.2, 0) is 28.0 Å².